The number of rotatable bonds is 2. The molecule has 1 fully saturated rings. The van der Waals surface area contributed by atoms with Gasteiger partial charge in [0.1, 0.15) is 0 Å². The Morgan fingerprint density at radius 2 is 2.00 bits per heavy atom. The lowest BCUT2D eigenvalue weighted by molar-refractivity contribution is 0.0874. The molecule has 0 aromatic heterocycles. The standard InChI is InChI=1S/C16H21Cl2NO/c1-10-6-12(9-16(2,3)8-10)19-15(20)13-5-4-11(17)7-14(13)18/h4-5,7,10,12H,6,8-9H2,1-3H3,(H,19,20)/t10-,12-/m1/s1. The average Bonchev–Trinajstić information content (AvgIpc) is 2.25. The maximum Gasteiger partial charge on any atom is 0.253 e. The van der Waals surface area contributed by atoms with E-state index in [4.69, 9.17) is 23.2 Å². The zero-order valence-corrected chi connectivity index (χ0v) is 13.7. The van der Waals surface area contributed by atoms with E-state index in [0.717, 1.165) is 12.8 Å². The van der Waals surface area contributed by atoms with E-state index in [9.17, 15) is 4.79 Å². The highest BCUT2D eigenvalue weighted by Crippen LogP contribution is 2.38. The summed E-state index contributed by atoms with van der Waals surface area (Å²) >= 11 is 11.9. The quantitative estimate of drug-likeness (QED) is 0.823. The molecule has 0 saturated heterocycles. The molecule has 0 unspecified atom stereocenters. The highest BCUT2D eigenvalue weighted by molar-refractivity contribution is 6.36. The highest BCUT2D eigenvalue weighted by atomic mass is 35.5. The fourth-order valence-electron chi connectivity index (χ4n) is 3.39. The van der Waals surface area contributed by atoms with Crippen molar-refractivity contribution in [3.8, 4) is 0 Å². The van der Waals surface area contributed by atoms with Gasteiger partial charge >= 0.3 is 0 Å². The van der Waals surface area contributed by atoms with Gasteiger partial charge in [0, 0.05) is 11.1 Å². The van der Waals surface area contributed by atoms with E-state index in [1.54, 1.807) is 18.2 Å². The Labute approximate surface area is 130 Å². The van der Waals surface area contributed by atoms with Gasteiger partial charge in [-0.05, 0) is 48.8 Å². The summed E-state index contributed by atoms with van der Waals surface area (Å²) in [5, 5.41) is 4.06. The van der Waals surface area contributed by atoms with Gasteiger partial charge in [-0.1, -0.05) is 44.0 Å². The smallest absolute Gasteiger partial charge is 0.253 e. The molecule has 1 aromatic carbocycles. The van der Waals surface area contributed by atoms with Crippen LogP contribution in [0.25, 0.3) is 0 Å². The van der Waals surface area contributed by atoms with E-state index < -0.39 is 0 Å². The molecule has 0 aliphatic heterocycles. The van der Waals surface area contributed by atoms with Crippen molar-refractivity contribution in [2.45, 2.75) is 46.1 Å². The minimum atomic E-state index is -0.110. The molecule has 1 N–H and O–H groups in total. The van der Waals surface area contributed by atoms with Crippen molar-refractivity contribution in [3.05, 3.63) is 33.8 Å². The molecule has 0 heterocycles. The lowest BCUT2D eigenvalue weighted by Gasteiger charge is -2.39. The topological polar surface area (TPSA) is 29.1 Å². The second-order valence-electron chi connectivity index (χ2n) is 6.71. The number of nitrogens with one attached hydrogen (secondary N) is 1. The molecule has 2 rings (SSSR count). The van der Waals surface area contributed by atoms with E-state index >= 15 is 0 Å². The van der Waals surface area contributed by atoms with E-state index in [0.29, 0.717) is 21.5 Å². The summed E-state index contributed by atoms with van der Waals surface area (Å²) in [6.45, 7) is 6.77. The summed E-state index contributed by atoms with van der Waals surface area (Å²) in [6.07, 6.45) is 3.25. The Morgan fingerprint density at radius 3 is 2.60 bits per heavy atom. The molecule has 1 saturated carbocycles. The molecule has 1 amide bonds. The summed E-state index contributed by atoms with van der Waals surface area (Å²) in [7, 11) is 0. The second kappa shape index (κ2) is 5.95. The Bertz CT molecular complexity index is 513. The van der Waals surface area contributed by atoms with Gasteiger partial charge in [0.25, 0.3) is 5.91 Å². The summed E-state index contributed by atoms with van der Waals surface area (Å²) in [5.41, 5.74) is 0.770. The van der Waals surface area contributed by atoms with Gasteiger partial charge in [-0.15, -0.1) is 0 Å². The summed E-state index contributed by atoms with van der Waals surface area (Å²) in [5.74, 6) is 0.520. The lowest BCUT2D eigenvalue weighted by Crippen LogP contribution is -2.43. The zero-order valence-electron chi connectivity index (χ0n) is 12.2. The van der Waals surface area contributed by atoms with Crippen molar-refractivity contribution < 1.29 is 4.79 Å². The van der Waals surface area contributed by atoms with Gasteiger partial charge in [-0.2, -0.15) is 0 Å². The molecule has 0 bridgehead atoms. The molecule has 0 spiro atoms. The maximum atomic E-state index is 12.3. The van der Waals surface area contributed by atoms with Crippen molar-refractivity contribution in [1.29, 1.82) is 0 Å². The van der Waals surface area contributed by atoms with Crippen LogP contribution in [0.1, 0.15) is 50.4 Å². The third-order valence-corrected chi connectivity index (χ3v) is 4.45. The first-order valence-corrected chi connectivity index (χ1v) is 7.78. The SMILES string of the molecule is C[C@@H]1C[C@@H](NC(=O)c2ccc(Cl)cc2Cl)CC(C)(C)C1. The normalized spacial score (nSPS) is 25.2. The number of carbonyl (C=O) groups excluding carboxylic acids is 1. The minimum absolute atomic E-state index is 0.110. The summed E-state index contributed by atoms with van der Waals surface area (Å²) in [4.78, 5) is 12.3. The lowest BCUT2D eigenvalue weighted by atomic mass is 9.70. The molecule has 1 aromatic rings. The van der Waals surface area contributed by atoms with Gasteiger partial charge in [0.15, 0.2) is 0 Å². The first-order chi connectivity index (χ1) is 9.27. The van der Waals surface area contributed by atoms with Crippen molar-refractivity contribution >= 4 is 29.1 Å². The first kappa shape index (κ1) is 15.7. The fourth-order valence-corrected chi connectivity index (χ4v) is 3.89. The average molecular weight is 314 g/mol. The Kier molecular flexibility index (Phi) is 4.66. The van der Waals surface area contributed by atoms with Crippen LogP contribution < -0.4 is 5.32 Å². The molecule has 1 aliphatic carbocycles. The molecule has 1 aliphatic rings. The van der Waals surface area contributed by atoms with Crippen molar-refractivity contribution in [1.82, 2.24) is 5.32 Å². The van der Waals surface area contributed by atoms with Crippen LogP contribution in [0.2, 0.25) is 10.0 Å². The van der Waals surface area contributed by atoms with Crippen molar-refractivity contribution in [3.63, 3.8) is 0 Å². The Hall–Kier alpha value is -0.730. The van der Waals surface area contributed by atoms with Gasteiger partial charge < -0.3 is 5.32 Å². The summed E-state index contributed by atoms with van der Waals surface area (Å²) < 4.78 is 0. The van der Waals surface area contributed by atoms with Crippen LogP contribution >= 0.6 is 23.2 Å². The van der Waals surface area contributed by atoms with Gasteiger partial charge in [-0.25, -0.2) is 0 Å². The number of hydrogen-bond donors (Lipinski definition) is 1. The largest absolute Gasteiger partial charge is 0.349 e. The number of amides is 1. The number of hydrogen-bond acceptors (Lipinski definition) is 1. The van der Waals surface area contributed by atoms with Crippen molar-refractivity contribution in [2.75, 3.05) is 0 Å². The molecule has 0 radical (unpaired) electrons. The third kappa shape index (κ3) is 3.89. The number of benzene rings is 1. The predicted molar refractivity (Wildman–Crippen MR) is 84.5 cm³/mol. The molecule has 110 valence electrons. The van der Waals surface area contributed by atoms with E-state index in [1.165, 1.54) is 6.42 Å². The van der Waals surface area contributed by atoms with Gasteiger partial charge in [0.2, 0.25) is 0 Å². The van der Waals surface area contributed by atoms with E-state index in [-0.39, 0.29) is 17.4 Å². The minimum Gasteiger partial charge on any atom is -0.349 e. The van der Waals surface area contributed by atoms with E-state index in [2.05, 4.69) is 26.1 Å². The van der Waals surface area contributed by atoms with Crippen LogP contribution in [0.4, 0.5) is 0 Å². The zero-order chi connectivity index (χ0) is 14.9. The predicted octanol–water partition coefficient (Wildman–Crippen LogP) is 4.94. The number of halogens is 2. The third-order valence-electron chi connectivity index (χ3n) is 3.90. The van der Waals surface area contributed by atoms with Crippen LogP contribution in [0, 0.1) is 11.3 Å². The van der Waals surface area contributed by atoms with Gasteiger partial charge in [0.05, 0.1) is 10.6 Å². The van der Waals surface area contributed by atoms with Gasteiger partial charge in [-0.3, -0.25) is 4.79 Å². The van der Waals surface area contributed by atoms with Crippen LogP contribution in [-0.2, 0) is 0 Å². The van der Waals surface area contributed by atoms with Crippen LogP contribution in [0.15, 0.2) is 18.2 Å². The first-order valence-electron chi connectivity index (χ1n) is 7.03. The molecular weight excluding hydrogens is 293 g/mol. The maximum absolute atomic E-state index is 12.3. The molecule has 2 atom stereocenters. The highest BCUT2D eigenvalue weighted by Gasteiger charge is 2.32. The Morgan fingerprint density at radius 1 is 1.30 bits per heavy atom. The van der Waals surface area contributed by atoms with Crippen LogP contribution in [0.5, 0.6) is 0 Å². The number of carbonyl (C=O) groups is 1. The second-order valence-corrected chi connectivity index (χ2v) is 7.55. The summed E-state index contributed by atoms with van der Waals surface area (Å²) in [6, 6.07) is 5.19. The van der Waals surface area contributed by atoms with Crippen LogP contribution in [-0.4, -0.2) is 11.9 Å². The monoisotopic (exact) mass is 313 g/mol. The van der Waals surface area contributed by atoms with Crippen LogP contribution in [0.3, 0.4) is 0 Å². The Balaban J connectivity index is 2.07. The van der Waals surface area contributed by atoms with Crippen molar-refractivity contribution in [2.24, 2.45) is 11.3 Å². The molecule has 2 nitrogen and oxygen atoms in total. The van der Waals surface area contributed by atoms with E-state index in [1.807, 2.05) is 0 Å². The molecular formula is C16H21Cl2NO. The fraction of sp³-hybridized carbons (Fsp3) is 0.562. The molecule has 20 heavy (non-hydrogen) atoms. The molecule has 4 heteroatoms.